The summed E-state index contributed by atoms with van der Waals surface area (Å²) in [7, 11) is 0. The van der Waals surface area contributed by atoms with E-state index in [0.717, 1.165) is 24.9 Å². The van der Waals surface area contributed by atoms with Crippen LogP contribution in [0.15, 0.2) is 30.3 Å². The lowest BCUT2D eigenvalue weighted by atomic mass is 10.1. The van der Waals surface area contributed by atoms with Gasteiger partial charge in [0.2, 0.25) is 0 Å². The first-order valence-electron chi connectivity index (χ1n) is 8.89. The van der Waals surface area contributed by atoms with Gasteiger partial charge >= 0.3 is 5.97 Å². The van der Waals surface area contributed by atoms with E-state index >= 15 is 0 Å². The largest absolute Gasteiger partial charge is 0.451 e. The zero-order valence-corrected chi connectivity index (χ0v) is 14.9. The Morgan fingerprint density at radius 2 is 1.88 bits per heavy atom. The molecule has 2 aliphatic rings. The summed E-state index contributed by atoms with van der Waals surface area (Å²) < 4.78 is 5.31. The Balaban J connectivity index is 1.38. The Hall–Kier alpha value is -2.14. The van der Waals surface area contributed by atoms with Gasteiger partial charge in [0.05, 0.1) is 0 Å². The van der Waals surface area contributed by atoms with Gasteiger partial charge in [0.1, 0.15) is 4.88 Å². The predicted molar refractivity (Wildman–Crippen MR) is 98.4 cm³/mol. The number of amides is 1. The van der Waals surface area contributed by atoms with Crippen LogP contribution in [0.2, 0.25) is 0 Å². The first-order valence-corrected chi connectivity index (χ1v) is 9.71. The van der Waals surface area contributed by atoms with E-state index in [0.29, 0.717) is 11.4 Å². The Morgan fingerprint density at radius 1 is 1.04 bits per heavy atom. The van der Waals surface area contributed by atoms with Crippen LogP contribution in [0, 0.1) is 0 Å². The smallest absolute Gasteiger partial charge is 0.348 e. The number of para-hydroxylation sites is 1. The molecule has 0 atom stereocenters. The van der Waals surface area contributed by atoms with Crippen LogP contribution in [0.5, 0.6) is 0 Å². The molecule has 25 heavy (non-hydrogen) atoms. The molecule has 1 aliphatic heterocycles. The van der Waals surface area contributed by atoms with Crippen molar-refractivity contribution < 1.29 is 14.3 Å². The lowest BCUT2D eigenvalue weighted by molar-refractivity contribution is -0.121. The zero-order valence-electron chi connectivity index (χ0n) is 14.1. The molecule has 0 saturated carbocycles. The first-order chi connectivity index (χ1) is 12.2. The lowest BCUT2D eigenvalue weighted by Crippen LogP contribution is -2.33. The van der Waals surface area contributed by atoms with Gasteiger partial charge in [-0.2, -0.15) is 0 Å². The lowest BCUT2D eigenvalue weighted by Gasteiger charge is -2.16. The maximum absolute atomic E-state index is 12.4. The van der Waals surface area contributed by atoms with Gasteiger partial charge in [0, 0.05) is 17.1 Å². The van der Waals surface area contributed by atoms with Crippen molar-refractivity contribution in [3.8, 4) is 0 Å². The molecule has 0 bridgehead atoms. The van der Waals surface area contributed by atoms with Gasteiger partial charge in [-0.05, 0) is 55.4 Å². The van der Waals surface area contributed by atoms with Crippen LogP contribution in [0.25, 0.3) is 0 Å². The Labute approximate surface area is 151 Å². The molecule has 1 amide bonds. The predicted octanol–water partition coefficient (Wildman–Crippen LogP) is 3.76. The highest BCUT2D eigenvalue weighted by molar-refractivity contribution is 7.14. The molecule has 0 spiro atoms. The fraction of sp³-hybridized carbons (Fsp3) is 0.400. The molecular weight excluding hydrogens is 334 g/mol. The topological polar surface area (TPSA) is 46.6 Å². The molecule has 2 aromatic rings. The van der Waals surface area contributed by atoms with Crippen LogP contribution >= 0.6 is 11.3 Å². The number of esters is 1. The van der Waals surface area contributed by atoms with Gasteiger partial charge in [0.25, 0.3) is 5.91 Å². The van der Waals surface area contributed by atoms with Crippen molar-refractivity contribution in [3.63, 3.8) is 0 Å². The minimum absolute atomic E-state index is 0.156. The van der Waals surface area contributed by atoms with E-state index in [2.05, 4.69) is 0 Å². The number of fused-ring (bicyclic) bond motifs is 2. The standard InChI is InChI=1S/C20H21NO3S/c22-19(21-11-10-14-6-4-5-8-16(14)21)13-24-20(23)18-12-15-7-2-1-3-9-17(15)25-18/h4-6,8,12H,1-3,7,9-11,13H2. The summed E-state index contributed by atoms with van der Waals surface area (Å²) in [5.41, 5.74) is 3.39. The highest BCUT2D eigenvalue weighted by atomic mass is 32.1. The molecule has 5 heteroatoms. The number of benzene rings is 1. The Morgan fingerprint density at radius 3 is 2.80 bits per heavy atom. The second-order valence-electron chi connectivity index (χ2n) is 6.62. The molecule has 0 saturated heterocycles. The van der Waals surface area contributed by atoms with Crippen LogP contribution < -0.4 is 4.90 Å². The third kappa shape index (κ3) is 3.33. The van der Waals surface area contributed by atoms with Crippen molar-refractivity contribution in [2.75, 3.05) is 18.1 Å². The Kier molecular flexibility index (Phi) is 4.57. The quantitative estimate of drug-likeness (QED) is 0.622. The van der Waals surface area contributed by atoms with E-state index in [9.17, 15) is 9.59 Å². The highest BCUT2D eigenvalue weighted by Crippen LogP contribution is 2.30. The highest BCUT2D eigenvalue weighted by Gasteiger charge is 2.25. The summed E-state index contributed by atoms with van der Waals surface area (Å²) >= 11 is 1.53. The van der Waals surface area contributed by atoms with E-state index in [-0.39, 0.29) is 18.5 Å². The number of ether oxygens (including phenoxy) is 1. The fourth-order valence-electron chi connectivity index (χ4n) is 3.64. The molecule has 0 fully saturated rings. The molecular formula is C20H21NO3S. The number of carbonyl (C=O) groups is 2. The normalized spacial score (nSPS) is 16.1. The van der Waals surface area contributed by atoms with Crippen molar-refractivity contribution in [2.24, 2.45) is 0 Å². The fourth-order valence-corrected chi connectivity index (χ4v) is 4.79. The second-order valence-corrected chi connectivity index (χ2v) is 7.76. The molecule has 0 N–H and O–H groups in total. The molecule has 1 aromatic heterocycles. The van der Waals surface area contributed by atoms with Crippen LogP contribution in [0.1, 0.15) is 44.9 Å². The second kappa shape index (κ2) is 7.00. The summed E-state index contributed by atoms with van der Waals surface area (Å²) in [5.74, 6) is -0.532. The van der Waals surface area contributed by atoms with Gasteiger partial charge in [-0.3, -0.25) is 4.79 Å². The van der Waals surface area contributed by atoms with Crippen LogP contribution in [-0.4, -0.2) is 25.0 Å². The van der Waals surface area contributed by atoms with Gasteiger partial charge < -0.3 is 9.64 Å². The molecule has 0 unspecified atom stereocenters. The van der Waals surface area contributed by atoms with Crippen molar-refractivity contribution in [2.45, 2.75) is 38.5 Å². The molecule has 1 aromatic carbocycles. The maximum Gasteiger partial charge on any atom is 0.348 e. The van der Waals surface area contributed by atoms with Crippen LogP contribution in [0.4, 0.5) is 5.69 Å². The summed E-state index contributed by atoms with van der Waals surface area (Å²) in [6.45, 7) is 0.457. The van der Waals surface area contributed by atoms with Gasteiger partial charge in [-0.15, -0.1) is 11.3 Å². The number of carbonyl (C=O) groups excluding carboxylic acids is 2. The van der Waals surface area contributed by atoms with Gasteiger partial charge in [0.15, 0.2) is 6.61 Å². The number of hydrogen-bond acceptors (Lipinski definition) is 4. The third-order valence-corrected chi connectivity index (χ3v) is 6.18. The van der Waals surface area contributed by atoms with E-state index in [4.69, 9.17) is 4.74 Å². The van der Waals surface area contributed by atoms with E-state index in [1.807, 2.05) is 30.3 Å². The van der Waals surface area contributed by atoms with Crippen molar-refractivity contribution in [1.82, 2.24) is 0 Å². The zero-order chi connectivity index (χ0) is 17.2. The van der Waals surface area contributed by atoms with E-state index in [1.165, 1.54) is 46.6 Å². The molecule has 0 radical (unpaired) electrons. The number of anilines is 1. The molecule has 4 nitrogen and oxygen atoms in total. The summed E-state index contributed by atoms with van der Waals surface area (Å²) in [6.07, 6.45) is 6.58. The van der Waals surface area contributed by atoms with E-state index < -0.39 is 0 Å². The number of nitrogens with zero attached hydrogens (tertiary/aromatic N) is 1. The average molecular weight is 355 g/mol. The molecule has 130 valence electrons. The SMILES string of the molecule is O=C(OCC(=O)N1CCc2ccccc21)c1cc2c(s1)CCCCC2. The number of thiophene rings is 1. The van der Waals surface area contributed by atoms with Crippen LogP contribution in [-0.2, 0) is 28.8 Å². The summed E-state index contributed by atoms with van der Waals surface area (Å²) in [6, 6.07) is 9.85. The summed E-state index contributed by atoms with van der Waals surface area (Å²) in [4.78, 5) is 28.4. The van der Waals surface area contributed by atoms with Crippen molar-refractivity contribution >= 4 is 28.9 Å². The average Bonchev–Trinajstić information content (AvgIpc) is 3.18. The van der Waals surface area contributed by atoms with Gasteiger partial charge in [-0.1, -0.05) is 24.6 Å². The monoisotopic (exact) mass is 355 g/mol. The molecule has 2 heterocycles. The molecule has 1 aliphatic carbocycles. The van der Waals surface area contributed by atoms with Gasteiger partial charge in [-0.25, -0.2) is 4.79 Å². The third-order valence-electron chi connectivity index (χ3n) is 4.96. The first kappa shape index (κ1) is 16.3. The molecule has 4 rings (SSSR count). The minimum Gasteiger partial charge on any atom is -0.451 e. The van der Waals surface area contributed by atoms with Crippen molar-refractivity contribution in [1.29, 1.82) is 0 Å². The van der Waals surface area contributed by atoms with Crippen molar-refractivity contribution in [3.05, 3.63) is 51.2 Å². The summed E-state index contributed by atoms with van der Waals surface area (Å²) in [5, 5.41) is 0. The minimum atomic E-state index is -0.376. The number of hydrogen-bond donors (Lipinski definition) is 0. The maximum atomic E-state index is 12.4. The van der Waals surface area contributed by atoms with Crippen LogP contribution in [0.3, 0.4) is 0 Å². The van der Waals surface area contributed by atoms with E-state index in [1.54, 1.807) is 4.90 Å². The number of rotatable bonds is 3. The number of aryl methyl sites for hydroxylation is 2. The Bertz CT molecular complexity index is 788.